The number of nitrogens with zero attached hydrogens (tertiary/aromatic N) is 2. The van der Waals surface area contributed by atoms with E-state index in [0.29, 0.717) is 53.6 Å². The van der Waals surface area contributed by atoms with Crippen molar-refractivity contribution in [3.05, 3.63) is 105 Å². The Balaban J connectivity index is 1.04. The van der Waals surface area contributed by atoms with Gasteiger partial charge in [-0.3, -0.25) is 4.79 Å². The lowest BCUT2D eigenvalue weighted by atomic mass is 9.67. The Kier molecular flexibility index (Phi) is 6.86. The van der Waals surface area contributed by atoms with Crippen LogP contribution in [0.15, 0.2) is 83.6 Å². The van der Waals surface area contributed by atoms with Crippen LogP contribution in [0.25, 0.3) is 10.2 Å². The van der Waals surface area contributed by atoms with Crippen LogP contribution in [-0.2, 0) is 26.3 Å². The fraction of sp³-hybridized carbons (Fsp3) is 0.273. The van der Waals surface area contributed by atoms with Gasteiger partial charge in [0.15, 0.2) is 10.6 Å². The number of hydrogen-bond donors (Lipinski definition) is 3. The number of carbonyl (C=O) groups is 2. The Hall–Kier alpha value is -5.08. The lowest BCUT2D eigenvalue weighted by Crippen LogP contribution is -2.49. The number of ether oxygens (including phenoxy) is 3. The second kappa shape index (κ2) is 10.9. The van der Waals surface area contributed by atoms with E-state index in [2.05, 4.69) is 16.4 Å². The maximum atomic E-state index is 13.2. The van der Waals surface area contributed by atoms with Gasteiger partial charge in [0.05, 0.1) is 40.5 Å². The normalized spacial score (nSPS) is 23.1. The van der Waals surface area contributed by atoms with E-state index in [1.54, 1.807) is 30.4 Å². The first-order valence-electron chi connectivity index (χ1n) is 14.3. The van der Waals surface area contributed by atoms with Crippen molar-refractivity contribution in [2.45, 2.75) is 37.4 Å². The Labute approximate surface area is 256 Å². The summed E-state index contributed by atoms with van der Waals surface area (Å²) >= 11 is 1.31. The highest BCUT2D eigenvalue weighted by molar-refractivity contribution is 7.19. The summed E-state index contributed by atoms with van der Waals surface area (Å²) in [5.41, 5.74) is 2.10. The molecule has 2 aliphatic carbocycles. The number of carbonyl (C=O) groups excluding carboxylic acids is 2. The highest BCUT2D eigenvalue weighted by atomic mass is 32.1. The zero-order valence-electron chi connectivity index (χ0n) is 23.4. The summed E-state index contributed by atoms with van der Waals surface area (Å²) in [5, 5.41) is 32.8. The molecule has 1 spiro atoms. The first-order chi connectivity index (χ1) is 21.3. The fourth-order valence-electron chi connectivity index (χ4n) is 6.33. The summed E-state index contributed by atoms with van der Waals surface area (Å²) in [6.45, 7) is 0.824. The van der Waals surface area contributed by atoms with E-state index in [1.165, 1.54) is 17.4 Å². The molecule has 11 heteroatoms. The first-order valence-corrected chi connectivity index (χ1v) is 15.1. The van der Waals surface area contributed by atoms with Crippen LogP contribution in [0, 0.1) is 17.2 Å². The zero-order chi connectivity index (χ0) is 30.4. The molecular weight excluding hydrogens is 582 g/mol. The zero-order valence-corrected chi connectivity index (χ0v) is 24.2. The minimum atomic E-state index is -1.18. The van der Waals surface area contributed by atoms with Crippen molar-refractivity contribution in [2.75, 3.05) is 13.2 Å². The molecule has 1 fully saturated rings. The monoisotopic (exact) mass is 609 g/mol. The van der Waals surface area contributed by atoms with E-state index in [4.69, 9.17) is 19.5 Å². The number of aliphatic hydroxyl groups is 2. The third-order valence-corrected chi connectivity index (χ3v) is 9.20. The maximum Gasteiger partial charge on any atom is 0.339 e. The van der Waals surface area contributed by atoms with E-state index in [-0.39, 0.29) is 30.3 Å². The molecule has 4 aliphatic rings. The van der Waals surface area contributed by atoms with Gasteiger partial charge in [-0.15, -0.1) is 11.3 Å². The van der Waals surface area contributed by atoms with E-state index < -0.39 is 23.6 Å². The second-order valence-corrected chi connectivity index (χ2v) is 12.1. The number of thiazole rings is 1. The van der Waals surface area contributed by atoms with E-state index in [1.807, 2.05) is 24.3 Å². The quantitative estimate of drug-likeness (QED) is 0.243. The molecule has 10 nitrogen and oxygen atoms in total. The summed E-state index contributed by atoms with van der Waals surface area (Å²) in [6.07, 6.45) is 7.29. The third kappa shape index (κ3) is 4.77. The van der Waals surface area contributed by atoms with Crippen molar-refractivity contribution in [3.63, 3.8) is 0 Å². The molecule has 3 aromatic rings. The molecule has 1 saturated heterocycles. The average molecular weight is 610 g/mol. The summed E-state index contributed by atoms with van der Waals surface area (Å²) < 4.78 is 19.1. The molecule has 1 amide bonds. The minimum absolute atomic E-state index is 0.0739. The largest absolute Gasteiger partial charge is 0.512 e. The van der Waals surface area contributed by atoms with E-state index in [9.17, 15) is 19.8 Å². The molecule has 7 rings (SSSR count). The van der Waals surface area contributed by atoms with Crippen LogP contribution in [0.4, 0.5) is 0 Å². The fourth-order valence-corrected chi connectivity index (χ4v) is 7.13. The number of esters is 1. The van der Waals surface area contributed by atoms with Crippen molar-refractivity contribution in [1.29, 1.82) is 5.26 Å². The van der Waals surface area contributed by atoms with Crippen LogP contribution in [-0.4, -0.2) is 46.3 Å². The molecule has 2 aliphatic heterocycles. The molecule has 3 unspecified atom stereocenters. The molecule has 2 aromatic carbocycles. The smallest absolute Gasteiger partial charge is 0.339 e. The molecular formula is C33H27N3O7S. The Bertz CT molecular complexity index is 1880. The lowest BCUT2D eigenvalue weighted by molar-refractivity contribution is -0.120. The summed E-state index contributed by atoms with van der Waals surface area (Å²) in [6, 6.07) is 12.9. The van der Waals surface area contributed by atoms with Crippen LogP contribution in [0.3, 0.4) is 0 Å². The molecule has 3 heterocycles. The maximum absolute atomic E-state index is 13.2. The molecule has 3 N–H and O–H groups in total. The number of fused-ring (bicyclic) bond motifs is 7. The van der Waals surface area contributed by atoms with Gasteiger partial charge in [0.1, 0.15) is 29.4 Å². The average Bonchev–Trinajstić information content (AvgIpc) is 3.55. The van der Waals surface area contributed by atoms with Gasteiger partial charge in [-0.05, 0) is 54.8 Å². The Morgan fingerprint density at radius 2 is 2.11 bits per heavy atom. The molecule has 0 saturated carbocycles. The van der Waals surface area contributed by atoms with Gasteiger partial charge in [0.2, 0.25) is 5.91 Å². The Morgan fingerprint density at radius 1 is 1.23 bits per heavy atom. The number of aliphatic hydroxyl groups excluding tert-OH is 2. The van der Waals surface area contributed by atoms with Gasteiger partial charge >= 0.3 is 5.97 Å². The number of amides is 1. The number of aromatic nitrogens is 1. The number of hydrogen-bond acceptors (Lipinski definition) is 10. The first kappa shape index (κ1) is 27.7. The van der Waals surface area contributed by atoms with Crippen LogP contribution < -0.4 is 10.1 Å². The Morgan fingerprint density at radius 3 is 2.98 bits per heavy atom. The van der Waals surface area contributed by atoms with Crippen molar-refractivity contribution >= 4 is 33.4 Å². The summed E-state index contributed by atoms with van der Waals surface area (Å²) in [4.78, 5) is 30.3. The van der Waals surface area contributed by atoms with Gasteiger partial charge in [-0.1, -0.05) is 18.2 Å². The second-order valence-electron chi connectivity index (χ2n) is 11.0. The topological polar surface area (TPSA) is 151 Å². The summed E-state index contributed by atoms with van der Waals surface area (Å²) in [5.74, 6) is 0.357. The van der Waals surface area contributed by atoms with Gasteiger partial charge in [0, 0.05) is 30.2 Å². The number of allylic oxidation sites excluding steroid dienone is 4. The lowest BCUT2D eigenvalue weighted by Gasteiger charge is -2.48. The summed E-state index contributed by atoms with van der Waals surface area (Å²) in [7, 11) is 0. The predicted octanol–water partition coefficient (Wildman–Crippen LogP) is 5.18. The van der Waals surface area contributed by atoms with Crippen LogP contribution in [0.1, 0.15) is 45.8 Å². The molecule has 44 heavy (non-hydrogen) atoms. The van der Waals surface area contributed by atoms with Crippen molar-refractivity contribution in [2.24, 2.45) is 5.92 Å². The third-order valence-electron chi connectivity index (χ3n) is 8.28. The highest BCUT2D eigenvalue weighted by Gasteiger charge is 2.60. The predicted molar refractivity (Wildman–Crippen MR) is 160 cm³/mol. The van der Waals surface area contributed by atoms with E-state index >= 15 is 0 Å². The van der Waals surface area contributed by atoms with Crippen LogP contribution in [0.5, 0.6) is 5.75 Å². The van der Waals surface area contributed by atoms with Gasteiger partial charge in [-0.2, -0.15) is 5.26 Å². The van der Waals surface area contributed by atoms with Crippen molar-refractivity contribution < 1.29 is 34.0 Å². The SMILES string of the molecule is N#Cc1nc2ccc(OCCCNC(=O)Cc3ccc4c(c3)C3(OC4=O)C4=CC=C(O)CC4OC4=CC(O)=CCC43)cc2s1. The number of nitrogens with one attached hydrogen (secondary N) is 1. The van der Waals surface area contributed by atoms with Gasteiger partial charge in [-0.25, -0.2) is 9.78 Å². The van der Waals surface area contributed by atoms with E-state index in [0.717, 1.165) is 21.4 Å². The van der Waals surface area contributed by atoms with Crippen molar-refractivity contribution in [3.8, 4) is 11.8 Å². The molecule has 0 bridgehead atoms. The number of nitriles is 1. The molecule has 0 radical (unpaired) electrons. The van der Waals surface area contributed by atoms with Crippen LogP contribution in [0.2, 0.25) is 0 Å². The number of rotatable bonds is 7. The van der Waals surface area contributed by atoms with Gasteiger partial charge in [0.25, 0.3) is 0 Å². The minimum Gasteiger partial charge on any atom is -0.512 e. The molecule has 1 aromatic heterocycles. The molecule has 222 valence electrons. The number of benzene rings is 2. The molecule has 3 atom stereocenters. The van der Waals surface area contributed by atoms with Crippen molar-refractivity contribution in [1.82, 2.24) is 10.3 Å². The highest BCUT2D eigenvalue weighted by Crippen LogP contribution is 2.58. The van der Waals surface area contributed by atoms with Crippen LogP contribution >= 0.6 is 11.3 Å². The standard InChI is InChI=1S/C33H27N3O7S/c34-17-31-36-26-9-5-21(16-29(26)44-31)41-11-1-10-35-30(39)13-18-2-6-22-25(12-18)33(43-32(22)40)23-7-3-19(37)14-27(23)42-28-15-20(38)4-8-24(28)33/h2-7,9,12,15-16,24,27,37-38H,1,8,10-11,13-14H2,(H,35,39). The van der Waals surface area contributed by atoms with Gasteiger partial charge < -0.3 is 29.7 Å².